The quantitative estimate of drug-likeness (QED) is 0.443. The Morgan fingerprint density at radius 1 is 1.07 bits per heavy atom. The lowest BCUT2D eigenvalue weighted by Crippen LogP contribution is -1.98. The van der Waals surface area contributed by atoms with Crippen molar-refractivity contribution in [1.82, 2.24) is 0 Å². The van der Waals surface area contributed by atoms with Crippen LogP contribution in [0.1, 0.15) is 21.5 Å². The molecule has 0 saturated heterocycles. The molecule has 0 aliphatic heterocycles. The Hall–Kier alpha value is -3.31. The minimum Gasteiger partial charge on any atom is -0.489 e. The van der Waals surface area contributed by atoms with E-state index >= 15 is 0 Å². The summed E-state index contributed by atoms with van der Waals surface area (Å²) in [4.78, 5) is 11.0. The van der Waals surface area contributed by atoms with E-state index in [1.54, 1.807) is 18.3 Å². The summed E-state index contributed by atoms with van der Waals surface area (Å²) in [6.07, 6.45) is 1.63. The smallest absolute Gasteiger partial charge is 0.335 e. The molecule has 3 aromatic carbocycles. The maximum atomic E-state index is 11.0. The number of anilines is 1. The normalized spacial score (nSPS) is 10.7. The van der Waals surface area contributed by atoms with Gasteiger partial charge >= 0.3 is 5.97 Å². The Bertz CT molecular complexity index is 973. The molecule has 3 aromatic rings. The van der Waals surface area contributed by atoms with Gasteiger partial charge in [-0.05, 0) is 42.0 Å². The fourth-order valence-corrected chi connectivity index (χ4v) is 2.55. The first-order chi connectivity index (χ1) is 13.1. The van der Waals surface area contributed by atoms with Crippen molar-refractivity contribution >= 4 is 29.5 Å². The maximum absolute atomic E-state index is 11.0. The molecule has 5 nitrogen and oxygen atoms in total. The monoisotopic (exact) mass is 380 g/mol. The van der Waals surface area contributed by atoms with Gasteiger partial charge in [0.1, 0.15) is 12.4 Å². The van der Waals surface area contributed by atoms with E-state index < -0.39 is 5.97 Å². The summed E-state index contributed by atoms with van der Waals surface area (Å²) in [7, 11) is 0. The van der Waals surface area contributed by atoms with E-state index in [1.807, 2.05) is 48.5 Å². The Labute approximate surface area is 161 Å². The molecule has 6 heteroatoms. The Morgan fingerprint density at radius 3 is 2.70 bits per heavy atom. The van der Waals surface area contributed by atoms with E-state index in [4.69, 9.17) is 21.4 Å². The van der Waals surface area contributed by atoms with Crippen LogP contribution in [0.4, 0.5) is 5.69 Å². The van der Waals surface area contributed by atoms with Crippen LogP contribution in [0.3, 0.4) is 0 Å². The summed E-state index contributed by atoms with van der Waals surface area (Å²) in [5, 5.41) is 13.8. The molecule has 0 amide bonds. The molecule has 27 heavy (non-hydrogen) atoms. The van der Waals surface area contributed by atoms with Gasteiger partial charge in [-0.2, -0.15) is 5.10 Å². The van der Waals surface area contributed by atoms with Gasteiger partial charge in [0.2, 0.25) is 0 Å². The largest absolute Gasteiger partial charge is 0.489 e. The summed E-state index contributed by atoms with van der Waals surface area (Å²) >= 11 is 6.13. The van der Waals surface area contributed by atoms with E-state index in [0.717, 1.165) is 11.1 Å². The minimum atomic E-state index is -0.981. The minimum absolute atomic E-state index is 0.199. The van der Waals surface area contributed by atoms with Gasteiger partial charge in [-0.3, -0.25) is 5.43 Å². The highest BCUT2D eigenvalue weighted by Gasteiger charge is 2.03. The number of benzene rings is 3. The predicted molar refractivity (Wildman–Crippen MR) is 107 cm³/mol. The van der Waals surface area contributed by atoms with Gasteiger partial charge in [-0.25, -0.2) is 4.79 Å². The molecular formula is C21H17ClN2O3. The van der Waals surface area contributed by atoms with Gasteiger partial charge in [-0.1, -0.05) is 48.0 Å². The van der Waals surface area contributed by atoms with Crippen LogP contribution in [0.15, 0.2) is 77.9 Å². The van der Waals surface area contributed by atoms with Crippen molar-refractivity contribution in [3.63, 3.8) is 0 Å². The van der Waals surface area contributed by atoms with Crippen LogP contribution in [0.5, 0.6) is 5.75 Å². The number of nitrogens with zero attached hydrogens (tertiary/aromatic N) is 1. The lowest BCUT2D eigenvalue weighted by atomic mass is 10.2. The van der Waals surface area contributed by atoms with Crippen molar-refractivity contribution in [2.24, 2.45) is 5.10 Å². The number of hydrazone groups is 1. The number of aromatic carboxylic acids is 1. The third-order valence-electron chi connectivity index (χ3n) is 3.73. The third kappa shape index (κ3) is 5.33. The van der Waals surface area contributed by atoms with Crippen molar-refractivity contribution < 1.29 is 14.6 Å². The molecule has 0 heterocycles. The number of halogens is 1. The van der Waals surface area contributed by atoms with Gasteiger partial charge < -0.3 is 9.84 Å². The molecule has 0 unspecified atom stereocenters. The van der Waals surface area contributed by atoms with Crippen LogP contribution in [-0.2, 0) is 6.61 Å². The van der Waals surface area contributed by atoms with Crippen LogP contribution in [-0.4, -0.2) is 17.3 Å². The van der Waals surface area contributed by atoms with Gasteiger partial charge in [0, 0.05) is 10.6 Å². The average molecular weight is 381 g/mol. The van der Waals surface area contributed by atoms with E-state index in [9.17, 15) is 4.79 Å². The molecule has 0 radical (unpaired) electrons. The van der Waals surface area contributed by atoms with Gasteiger partial charge in [0.25, 0.3) is 0 Å². The summed E-state index contributed by atoms with van der Waals surface area (Å²) in [6.45, 7) is 0.375. The molecule has 2 N–H and O–H groups in total. The van der Waals surface area contributed by atoms with Crippen LogP contribution < -0.4 is 10.2 Å². The second-order valence-electron chi connectivity index (χ2n) is 5.71. The van der Waals surface area contributed by atoms with Gasteiger partial charge in [0.15, 0.2) is 0 Å². The van der Waals surface area contributed by atoms with Crippen LogP contribution in [0.25, 0.3) is 0 Å². The van der Waals surface area contributed by atoms with Crippen molar-refractivity contribution in [3.8, 4) is 5.75 Å². The molecule has 0 saturated carbocycles. The molecule has 0 aromatic heterocycles. The summed E-state index contributed by atoms with van der Waals surface area (Å²) in [5.41, 5.74) is 5.37. The average Bonchev–Trinajstić information content (AvgIpc) is 2.68. The van der Waals surface area contributed by atoms with Crippen LogP contribution >= 0.6 is 11.6 Å². The molecule has 0 spiro atoms. The highest BCUT2D eigenvalue weighted by molar-refractivity contribution is 6.31. The summed E-state index contributed by atoms with van der Waals surface area (Å²) < 4.78 is 5.79. The zero-order chi connectivity index (χ0) is 19.1. The standard InChI is InChI=1S/C21H17ClN2O3/c22-20-10-2-1-6-17(20)14-27-19-9-3-5-15(11-19)13-23-24-18-8-4-7-16(12-18)21(25)26/h1-13,24H,14H2,(H,25,26). The Kier molecular flexibility index (Phi) is 6.07. The number of hydrogen-bond donors (Lipinski definition) is 2. The number of hydrogen-bond acceptors (Lipinski definition) is 4. The molecule has 136 valence electrons. The fraction of sp³-hybridized carbons (Fsp3) is 0.0476. The van der Waals surface area contributed by atoms with Crippen molar-refractivity contribution in [2.45, 2.75) is 6.61 Å². The number of nitrogens with one attached hydrogen (secondary N) is 1. The van der Waals surface area contributed by atoms with E-state index in [-0.39, 0.29) is 5.56 Å². The first-order valence-electron chi connectivity index (χ1n) is 8.20. The topological polar surface area (TPSA) is 70.9 Å². The van der Waals surface area contributed by atoms with E-state index in [2.05, 4.69) is 10.5 Å². The maximum Gasteiger partial charge on any atom is 0.335 e. The number of rotatable bonds is 7. The van der Waals surface area contributed by atoms with Gasteiger partial charge in [0.05, 0.1) is 17.5 Å². The first kappa shape index (κ1) is 18.5. The number of ether oxygens (including phenoxy) is 1. The SMILES string of the molecule is O=C(O)c1cccc(NN=Cc2cccc(OCc3ccccc3Cl)c2)c1. The Balaban J connectivity index is 1.62. The zero-order valence-electron chi connectivity index (χ0n) is 14.3. The predicted octanol–water partition coefficient (Wildman–Crippen LogP) is 5.06. The first-order valence-corrected chi connectivity index (χ1v) is 8.58. The zero-order valence-corrected chi connectivity index (χ0v) is 15.1. The molecule has 0 aliphatic rings. The fourth-order valence-electron chi connectivity index (χ4n) is 2.36. The Morgan fingerprint density at radius 2 is 1.89 bits per heavy atom. The van der Waals surface area contributed by atoms with Gasteiger partial charge in [-0.15, -0.1) is 0 Å². The lowest BCUT2D eigenvalue weighted by molar-refractivity contribution is 0.0697. The van der Waals surface area contributed by atoms with Crippen molar-refractivity contribution in [2.75, 3.05) is 5.43 Å². The molecular weight excluding hydrogens is 364 g/mol. The lowest BCUT2D eigenvalue weighted by Gasteiger charge is -2.08. The summed E-state index contributed by atoms with van der Waals surface area (Å²) in [6, 6.07) is 21.5. The highest BCUT2D eigenvalue weighted by Crippen LogP contribution is 2.19. The molecule has 3 rings (SSSR count). The molecule has 0 atom stereocenters. The highest BCUT2D eigenvalue weighted by atomic mass is 35.5. The molecule has 0 aliphatic carbocycles. The second-order valence-corrected chi connectivity index (χ2v) is 6.12. The van der Waals surface area contributed by atoms with Crippen LogP contribution in [0.2, 0.25) is 5.02 Å². The van der Waals surface area contributed by atoms with E-state index in [1.165, 1.54) is 12.1 Å². The molecule has 0 fully saturated rings. The van der Waals surface area contributed by atoms with Crippen molar-refractivity contribution in [1.29, 1.82) is 0 Å². The number of carbonyl (C=O) groups is 1. The number of carboxylic acid groups (broad SMARTS) is 1. The van der Waals surface area contributed by atoms with Crippen molar-refractivity contribution in [3.05, 3.63) is 94.5 Å². The second kappa shape index (κ2) is 8.87. The molecule has 0 bridgehead atoms. The van der Waals surface area contributed by atoms with E-state index in [0.29, 0.717) is 23.1 Å². The van der Waals surface area contributed by atoms with Crippen LogP contribution in [0, 0.1) is 0 Å². The number of carboxylic acids is 1. The third-order valence-corrected chi connectivity index (χ3v) is 4.10. The summed E-state index contributed by atoms with van der Waals surface area (Å²) in [5.74, 6) is -0.280.